The molecule has 0 aliphatic carbocycles. The molecule has 0 fully saturated rings. The van der Waals surface area contributed by atoms with E-state index in [2.05, 4.69) is 15.5 Å². The molecular weight excluding hydrogens is 324 g/mol. The van der Waals surface area contributed by atoms with Crippen molar-refractivity contribution in [1.82, 2.24) is 15.0 Å². The van der Waals surface area contributed by atoms with Gasteiger partial charge in [-0.1, -0.05) is 50.1 Å². The highest BCUT2D eigenvalue weighted by molar-refractivity contribution is 6.34. The maximum atomic E-state index is 12.2. The first-order valence-corrected chi connectivity index (χ1v) is 8.07. The zero-order valence-electron chi connectivity index (χ0n) is 14.1. The third-order valence-corrected chi connectivity index (χ3v) is 3.98. The summed E-state index contributed by atoms with van der Waals surface area (Å²) in [6, 6.07) is 11.4. The first kappa shape index (κ1) is 16.5. The quantitative estimate of drug-likeness (QED) is 0.752. The van der Waals surface area contributed by atoms with Gasteiger partial charge in [0.2, 0.25) is 5.91 Å². The van der Waals surface area contributed by atoms with Crippen LogP contribution in [0.4, 0.5) is 5.69 Å². The van der Waals surface area contributed by atoms with Gasteiger partial charge in [0.15, 0.2) is 0 Å². The number of nitrogens with one attached hydrogen (secondary N) is 1. The van der Waals surface area contributed by atoms with Crippen LogP contribution in [0.25, 0.3) is 16.7 Å². The summed E-state index contributed by atoms with van der Waals surface area (Å²) in [7, 11) is 0. The van der Waals surface area contributed by atoms with Gasteiger partial charge in [0, 0.05) is 5.41 Å². The van der Waals surface area contributed by atoms with Gasteiger partial charge in [0.05, 0.1) is 16.4 Å². The summed E-state index contributed by atoms with van der Waals surface area (Å²) in [4.78, 5) is 13.7. The van der Waals surface area contributed by atoms with Crippen molar-refractivity contribution in [3.63, 3.8) is 0 Å². The Balaban J connectivity index is 1.99. The van der Waals surface area contributed by atoms with Crippen LogP contribution >= 0.6 is 11.6 Å². The van der Waals surface area contributed by atoms with Gasteiger partial charge in [-0.15, -0.1) is 10.2 Å². The molecule has 1 heterocycles. The third-order valence-electron chi connectivity index (χ3n) is 3.66. The van der Waals surface area contributed by atoms with Gasteiger partial charge < -0.3 is 5.32 Å². The number of nitrogens with zero attached hydrogens (tertiary/aromatic N) is 3. The van der Waals surface area contributed by atoms with Crippen LogP contribution in [0.5, 0.6) is 0 Å². The number of rotatable bonds is 2. The van der Waals surface area contributed by atoms with Gasteiger partial charge in [-0.25, -0.2) is 0 Å². The Bertz CT molecular complexity index is 907. The van der Waals surface area contributed by atoms with Crippen molar-refractivity contribution in [2.75, 3.05) is 5.32 Å². The first-order valence-electron chi connectivity index (χ1n) is 7.69. The van der Waals surface area contributed by atoms with E-state index >= 15 is 0 Å². The van der Waals surface area contributed by atoms with Crippen LogP contribution in [0, 0.1) is 12.3 Å². The van der Waals surface area contributed by atoms with Gasteiger partial charge in [-0.2, -0.15) is 4.80 Å². The van der Waals surface area contributed by atoms with Crippen molar-refractivity contribution in [3.05, 3.63) is 47.0 Å². The summed E-state index contributed by atoms with van der Waals surface area (Å²) in [6.45, 7) is 7.58. The van der Waals surface area contributed by atoms with E-state index in [9.17, 15) is 4.79 Å². The number of aromatic nitrogens is 3. The SMILES string of the molecule is Cc1ccc(-n2nc3cc(Cl)c(NC(=O)C(C)(C)C)cc3n2)cc1. The highest BCUT2D eigenvalue weighted by Gasteiger charge is 2.22. The van der Waals surface area contributed by atoms with Crippen LogP contribution < -0.4 is 5.32 Å². The van der Waals surface area contributed by atoms with Crippen LogP contribution in [-0.2, 0) is 4.79 Å². The van der Waals surface area contributed by atoms with Crippen LogP contribution in [-0.4, -0.2) is 20.9 Å². The summed E-state index contributed by atoms with van der Waals surface area (Å²) < 4.78 is 0. The highest BCUT2D eigenvalue weighted by Crippen LogP contribution is 2.28. The molecule has 1 aromatic heterocycles. The van der Waals surface area contributed by atoms with E-state index in [4.69, 9.17) is 11.6 Å². The van der Waals surface area contributed by atoms with Crippen molar-refractivity contribution >= 4 is 34.2 Å². The number of benzene rings is 2. The number of amides is 1. The van der Waals surface area contributed by atoms with Gasteiger partial charge in [0.1, 0.15) is 11.0 Å². The number of halogens is 1. The fraction of sp³-hybridized carbons (Fsp3) is 0.278. The molecule has 0 bridgehead atoms. The normalized spacial score (nSPS) is 11.7. The average Bonchev–Trinajstić information content (AvgIpc) is 2.90. The number of aryl methyl sites for hydroxylation is 1. The Hall–Kier alpha value is -2.40. The predicted octanol–water partition coefficient (Wildman–Crippen LogP) is 4.37. The molecule has 0 saturated carbocycles. The van der Waals surface area contributed by atoms with Gasteiger partial charge in [-0.05, 0) is 31.2 Å². The smallest absolute Gasteiger partial charge is 0.229 e. The minimum atomic E-state index is -0.502. The van der Waals surface area contributed by atoms with Crippen molar-refractivity contribution in [2.45, 2.75) is 27.7 Å². The second-order valence-corrected chi connectivity index (χ2v) is 7.26. The van der Waals surface area contributed by atoms with Crippen LogP contribution in [0.1, 0.15) is 26.3 Å². The fourth-order valence-electron chi connectivity index (χ4n) is 2.14. The van der Waals surface area contributed by atoms with E-state index in [1.54, 1.807) is 16.9 Å². The molecule has 0 aliphatic rings. The molecule has 24 heavy (non-hydrogen) atoms. The van der Waals surface area contributed by atoms with Crippen LogP contribution in [0.15, 0.2) is 36.4 Å². The maximum absolute atomic E-state index is 12.2. The Kier molecular flexibility index (Phi) is 4.05. The fourth-order valence-corrected chi connectivity index (χ4v) is 2.34. The topological polar surface area (TPSA) is 59.8 Å². The van der Waals surface area contributed by atoms with Gasteiger partial charge in [0.25, 0.3) is 0 Å². The van der Waals surface area contributed by atoms with Crippen LogP contribution in [0.2, 0.25) is 5.02 Å². The highest BCUT2D eigenvalue weighted by atomic mass is 35.5. The standard InChI is InChI=1S/C18H19ClN4O/c1-11-5-7-12(8-6-11)23-21-15-9-13(19)14(10-16(15)22-23)20-17(24)18(2,3)4/h5-10H,1-4H3,(H,20,24). The van der Waals surface area contributed by atoms with Crippen LogP contribution in [0.3, 0.4) is 0 Å². The van der Waals surface area contributed by atoms with Crippen molar-refractivity contribution < 1.29 is 4.79 Å². The van der Waals surface area contributed by atoms with Gasteiger partial charge >= 0.3 is 0 Å². The lowest BCUT2D eigenvalue weighted by Crippen LogP contribution is -2.27. The molecule has 0 saturated heterocycles. The Morgan fingerprint density at radius 3 is 2.25 bits per heavy atom. The molecule has 6 heteroatoms. The van der Waals surface area contributed by atoms with E-state index in [1.165, 1.54) is 5.56 Å². The molecule has 5 nitrogen and oxygen atoms in total. The number of carbonyl (C=O) groups is 1. The molecule has 0 spiro atoms. The third kappa shape index (κ3) is 3.26. The number of anilines is 1. The summed E-state index contributed by atoms with van der Waals surface area (Å²) in [5.41, 5.74) is 3.43. The van der Waals surface area contributed by atoms with Gasteiger partial charge in [-0.3, -0.25) is 4.79 Å². The lowest BCUT2D eigenvalue weighted by molar-refractivity contribution is -0.123. The molecule has 3 aromatic rings. The average molecular weight is 343 g/mol. The molecule has 3 rings (SSSR count). The molecule has 1 N–H and O–H groups in total. The number of hydrogen-bond acceptors (Lipinski definition) is 3. The summed E-state index contributed by atoms with van der Waals surface area (Å²) >= 11 is 6.28. The number of fused-ring (bicyclic) bond motifs is 1. The van der Waals surface area contributed by atoms with E-state index in [0.717, 1.165) is 5.69 Å². The zero-order chi connectivity index (χ0) is 17.5. The maximum Gasteiger partial charge on any atom is 0.229 e. The molecule has 0 radical (unpaired) electrons. The zero-order valence-corrected chi connectivity index (χ0v) is 14.8. The van der Waals surface area contributed by atoms with Crippen molar-refractivity contribution in [1.29, 1.82) is 0 Å². The molecule has 2 aromatic carbocycles. The Morgan fingerprint density at radius 1 is 1.08 bits per heavy atom. The molecule has 0 aliphatic heterocycles. The lowest BCUT2D eigenvalue weighted by Gasteiger charge is -2.18. The second kappa shape index (κ2) is 5.91. The molecular formula is C18H19ClN4O. The minimum Gasteiger partial charge on any atom is -0.324 e. The van der Waals surface area contributed by atoms with E-state index in [1.807, 2.05) is 52.0 Å². The predicted molar refractivity (Wildman–Crippen MR) is 96.7 cm³/mol. The van der Waals surface area contributed by atoms with Crippen molar-refractivity contribution in [2.24, 2.45) is 5.41 Å². The molecule has 1 amide bonds. The first-order chi connectivity index (χ1) is 11.2. The Morgan fingerprint density at radius 2 is 1.67 bits per heavy atom. The minimum absolute atomic E-state index is 0.102. The molecule has 0 unspecified atom stereocenters. The largest absolute Gasteiger partial charge is 0.324 e. The molecule has 124 valence electrons. The second-order valence-electron chi connectivity index (χ2n) is 6.85. The lowest BCUT2D eigenvalue weighted by atomic mass is 9.95. The summed E-state index contributed by atoms with van der Waals surface area (Å²) in [5, 5.41) is 12.2. The summed E-state index contributed by atoms with van der Waals surface area (Å²) in [6.07, 6.45) is 0. The number of carbonyl (C=O) groups excluding carboxylic acids is 1. The molecule has 0 atom stereocenters. The van der Waals surface area contributed by atoms with E-state index < -0.39 is 5.41 Å². The monoisotopic (exact) mass is 342 g/mol. The van der Waals surface area contributed by atoms with E-state index in [0.29, 0.717) is 21.7 Å². The Labute approximate surface area is 145 Å². The summed E-state index contributed by atoms with van der Waals surface area (Å²) in [5.74, 6) is -0.102. The number of hydrogen-bond donors (Lipinski definition) is 1. The van der Waals surface area contributed by atoms with Crippen molar-refractivity contribution in [3.8, 4) is 5.69 Å². The van der Waals surface area contributed by atoms with E-state index in [-0.39, 0.29) is 5.91 Å².